The predicted molar refractivity (Wildman–Crippen MR) is 97.4 cm³/mol. The van der Waals surface area contributed by atoms with Crippen LogP contribution in [0.25, 0.3) is 0 Å². The SMILES string of the molecule is CCN1CCCC1CNC(=O)CC(NC(C)=O)c1ccc(OC)cc1. The van der Waals surface area contributed by atoms with Crippen LogP contribution in [0.15, 0.2) is 24.3 Å². The molecule has 0 radical (unpaired) electrons. The second-order valence-corrected chi connectivity index (χ2v) is 6.46. The molecule has 1 aliphatic heterocycles. The number of likely N-dealkylation sites (N-methyl/N-ethyl adjacent to an activating group) is 1. The minimum atomic E-state index is -0.339. The highest BCUT2D eigenvalue weighted by atomic mass is 16.5. The normalized spacial score (nSPS) is 18.6. The molecule has 1 heterocycles. The molecule has 138 valence electrons. The quantitative estimate of drug-likeness (QED) is 0.753. The van der Waals surface area contributed by atoms with Crippen molar-refractivity contribution in [1.29, 1.82) is 0 Å². The first-order valence-corrected chi connectivity index (χ1v) is 8.95. The maximum Gasteiger partial charge on any atom is 0.222 e. The fourth-order valence-electron chi connectivity index (χ4n) is 3.37. The Balaban J connectivity index is 1.93. The first kappa shape index (κ1) is 19.2. The minimum absolute atomic E-state index is 0.0440. The summed E-state index contributed by atoms with van der Waals surface area (Å²) in [5.74, 6) is 0.551. The Morgan fingerprint density at radius 1 is 1.32 bits per heavy atom. The molecule has 0 bridgehead atoms. The summed E-state index contributed by atoms with van der Waals surface area (Å²) in [6, 6.07) is 7.51. The van der Waals surface area contributed by atoms with Crippen LogP contribution in [0.2, 0.25) is 0 Å². The highest BCUT2D eigenvalue weighted by Gasteiger charge is 2.24. The van der Waals surface area contributed by atoms with Crippen LogP contribution in [0, 0.1) is 0 Å². The first-order valence-electron chi connectivity index (χ1n) is 8.95. The third-order valence-corrected chi connectivity index (χ3v) is 4.73. The van der Waals surface area contributed by atoms with Crippen molar-refractivity contribution in [3.05, 3.63) is 29.8 Å². The zero-order valence-electron chi connectivity index (χ0n) is 15.4. The number of ether oxygens (including phenoxy) is 1. The van der Waals surface area contributed by atoms with Gasteiger partial charge in [0.2, 0.25) is 11.8 Å². The van der Waals surface area contributed by atoms with E-state index in [0.29, 0.717) is 12.6 Å². The molecule has 1 saturated heterocycles. The molecular weight excluding hydrogens is 318 g/mol. The van der Waals surface area contributed by atoms with Crippen molar-refractivity contribution in [3.8, 4) is 5.75 Å². The lowest BCUT2D eigenvalue weighted by Gasteiger charge is -2.24. The summed E-state index contributed by atoms with van der Waals surface area (Å²) in [4.78, 5) is 26.3. The molecule has 2 amide bonds. The zero-order valence-corrected chi connectivity index (χ0v) is 15.4. The van der Waals surface area contributed by atoms with Gasteiger partial charge >= 0.3 is 0 Å². The van der Waals surface area contributed by atoms with E-state index in [0.717, 1.165) is 30.8 Å². The number of nitrogens with one attached hydrogen (secondary N) is 2. The average molecular weight is 347 g/mol. The highest BCUT2D eigenvalue weighted by molar-refractivity contribution is 5.79. The fourth-order valence-corrected chi connectivity index (χ4v) is 3.37. The average Bonchev–Trinajstić information content (AvgIpc) is 3.06. The summed E-state index contributed by atoms with van der Waals surface area (Å²) >= 11 is 0. The smallest absolute Gasteiger partial charge is 0.222 e. The lowest BCUT2D eigenvalue weighted by molar-refractivity contribution is -0.123. The standard InChI is InChI=1S/C19H29N3O3/c1-4-22-11-5-6-16(22)13-20-19(24)12-18(21-14(2)23)15-7-9-17(25-3)10-8-15/h7-10,16,18H,4-6,11-13H2,1-3H3,(H,20,24)(H,21,23). The Morgan fingerprint density at radius 3 is 2.64 bits per heavy atom. The molecule has 6 heteroatoms. The molecule has 1 aliphatic rings. The molecule has 2 atom stereocenters. The lowest BCUT2D eigenvalue weighted by Crippen LogP contribution is -2.41. The number of benzene rings is 1. The van der Waals surface area contributed by atoms with Crippen LogP contribution in [0.5, 0.6) is 5.75 Å². The highest BCUT2D eigenvalue weighted by Crippen LogP contribution is 2.21. The number of amides is 2. The van der Waals surface area contributed by atoms with E-state index < -0.39 is 0 Å². The van der Waals surface area contributed by atoms with Gasteiger partial charge in [0.1, 0.15) is 5.75 Å². The van der Waals surface area contributed by atoms with Crippen molar-refractivity contribution in [2.75, 3.05) is 26.7 Å². The third-order valence-electron chi connectivity index (χ3n) is 4.73. The number of nitrogens with zero attached hydrogens (tertiary/aromatic N) is 1. The first-order chi connectivity index (χ1) is 12.0. The summed E-state index contributed by atoms with van der Waals surface area (Å²) in [5.41, 5.74) is 0.891. The number of carbonyl (C=O) groups excluding carboxylic acids is 2. The molecule has 0 saturated carbocycles. The van der Waals surface area contributed by atoms with Gasteiger partial charge in [0.15, 0.2) is 0 Å². The van der Waals surface area contributed by atoms with Crippen molar-refractivity contribution < 1.29 is 14.3 Å². The van der Waals surface area contributed by atoms with E-state index in [1.165, 1.54) is 13.3 Å². The molecule has 0 aliphatic carbocycles. The van der Waals surface area contributed by atoms with E-state index in [9.17, 15) is 9.59 Å². The van der Waals surface area contributed by atoms with Crippen LogP contribution in [0.4, 0.5) is 0 Å². The van der Waals surface area contributed by atoms with Crippen LogP contribution in [-0.4, -0.2) is 49.5 Å². The van der Waals surface area contributed by atoms with Gasteiger partial charge in [0.05, 0.1) is 19.6 Å². The maximum atomic E-state index is 12.4. The van der Waals surface area contributed by atoms with Crippen LogP contribution < -0.4 is 15.4 Å². The van der Waals surface area contributed by atoms with Gasteiger partial charge in [0.25, 0.3) is 0 Å². The largest absolute Gasteiger partial charge is 0.497 e. The predicted octanol–water partition coefficient (Wildman–Crippen LogP) is 1.86. The molecule has 0 aromatic heterocycles. The number of hydrogen-bond acceptors (Lipinski definition) is 4. The zero-order chi connectivity index (χ0) is 18.2. The summed E-state index contributed by atoms with van der Waals surface area (Å²) in [5, 5.41) is 5.89. The Labute approximate surface area is 149 Å². The van der Waals surface area contributed by atoms with Gasteiger partial charge in [-0.05, 0) is 43.6 Å². The fraction of sp³-hybridized carbons (Fsp3) is 0.579. The van der Waals surface area contributed by atoms with Crippen LogP contribution >= 0.6 is 0 Å². The number of rotatable bonds is 8. The summed E-state index contributed by atoms with van der Waals surface area (Å²) in [7, 11) is 1.61. The molecule has 6 nitrogen and oxygen atoms in total. The van der Waals surface area contributed by atoms with E-state index >= 15 is 0 Å². The van der Waals surface area contributed by atoms with Gasteiger partial charge in [-0.1, -0.05) is 19.1 Å². The maximum absolute atomic E-state index is 12.4. The molecule has 1 fully saturated rings. The second kappa shape index (κ2) is 9.42. The molecule has 25 heavy (non-hydrogen) atoms. The van der Waals surface area contributed by atoms with Crippen LogP contribution in [0.1, 0.15) is 44.7 Å². The van der Waals surface area contributed by atoms with Gasteiger partial charge in [-0.2, -0.15) is 0 Å². The third kappa shape index (κ3) is 5.74. The van der Waals surface area contributed by atoms with Gasteiger partial charge in [0, 0.05) is 19.5 Å². The number of methoxy groups -OCH3 is 1. The van der Waals surface area contributed by atoms with E-state index in [2.05, 4.69) is 22.5 Å². The topological polar surface area (TPSA) is 70.7 Å². The van der Waals surface area contributed by atoms with E-state index in [-0.39, 0.29) is 24.3 Å². The van der Waals surface area contributed by atoms with E-state index in [4.69, 9.17) is 4.74 Å². The van der Waals surface area contributed by atoms with E-state index in [1.54, 1.807) is 7.11 Å². The number of hydrogen-bond donors (Lipinski definition) is 2. The molecule has 0 spiro atoms. The number of likely N-dealkylation sites (tertiary alicyclic amines) is 1. The summed E-state index contributed by atoms with van der Waals surface area (Å²) in [6.45, 7) is 6.41. The van der Waals surface area contributed by atoms with Crippen molar-refractivity contribution in [2.45, 2.75) is 45.2 Å². The van der Waals surface area contributed by atoms with Gasteiger partial charge < -0.3 is 15.4 Å². The van der Waals surface area contributed by atoms with Gasteiger partial charge in [-0.15, -0.1) is 0 Å². The Kier molecular flexibility index (Phi) is 7.25. The van der Waals surface area contributed by atoms with Crippen molar-refractivity contribution in [2.24, 2.45) is 0 Å². The Hall–Kier alpha value is -2.08. The monoisotopic (exact) mass is 347 g/mol. The molecule has 1 aromatic carbocycles. The molecule has 2 N–H and O–H groups in total. The van der Waals surface area contributed by atoms with Crippen LogP contribution in [0.3, 0.4) is 0 Å². The van der Waals surface area contributed by atoms with Crippen LogP contribution in [-0.2, 0) is 9.59 Å². The van der Waals surface area contributed by atoms with Gasteiger partial charge in [-0.25, -0.2) is 0 Å². The molecule has 2 unspecified atom stereocenters. The van der Waals surface area contributed by atoms with Crippen molar-refractivity contribution >= 4 is 11.8 Å². The van der Waals surface area contributed by atoms with E-state index in [1.807, 2.05) is 24.3 Å². The molecular formula is C19H29N3O3. The second-order valence-electron chi connectivity index (χ2n) is 6.46. The van der Waals surface area contributed by atoms with Crippen molar-refractivity contribution in [3.63, 3.8) is 0 Å². The lowest BCUT2D eigenvalue weighted by atomic mass is 10.0. The Bertz CT molecular complexity index is 574. The number of carbonyl (C=O) groups is 2. The van der Waals surface area contributed by atoms with Crippen molar-refractivity contribution in [1.82, 2.24) is 15.5 Å². The summed E-state index contributed by atoms with van der Waals surface area (Å²) < 4.78 is 5.16. The summed E-state index contributed by atoms with van der Waals surface area (Å²) in [6.07, 6.45) is 2.54. The Morgan fingerprint density at radius 2 is 2.04 bits per heavy atom. The van der Waals surface area contributed by atoms with Gasteiger partial charge in [-0.3, -0.25) is 14.5 Å². The minimum Gasteiger partial charge on any atom is -0.497 e. The molecule has 1 aromatic rings. The molecule has 2 rings (SSSR count).